The van der Waals surface area contributed by atoms with Gasteiger partial charge in [-0.05, 0) is 55.9 Å². The van der Waals surface area contributed by atoms with E-state index in [1.54, 1.807) is 17.4 Å². The lowest BCUT2D eigenvalue weighted by Crippen LogP contribution is -2.36. The summed E-state index contributed by atoms with van der Waals surface area (Å²) >= 11 is 1.75. The summed E-state index contributed by atoms with van der Waals surface area (Å²) in [6, 6.07) is 11.8. The lowest BCUT2D eigenvalue weighted by molar-refractivity contribution is -0.121. The Morgan fingerprint density at radius 1 is 1.21 bits per heavy atom. The number of fused-ring (bicyclic) bond motifs is 1. The number of rotatable bonds is 8. The highest BCUT2D eigenvalue weighted by Crippen LogP contribution is 2.27. The molecule has 0 spiro atoms. The van der Waals surface area contributed by atoms with Crippen molar-refractivity contribution in [3.8, 4) is 0 Å². The molecule has 7 heteroatoms. The van der Waals surface area contributed by atoms with E-state index in [1.165, 1.54) is 17.7 Å². The molecule has 1 unspecified atom stereocenters. The molecule has 1 saturated heterocycles. The largest absolute Gasteiger partial charge is 0.354 e. The summed E-state index contributed by atoms with van der Waals surface area (Å²) in [4.78, 5) is 35.6. The third kappa shape index (κ3) is 4.92. The Morgan fingerprint density at radius 2 is 2.03 bits per heavy atom. The molecule has 1 fully saturated rings. The maximum absolute atomic E-state index is 12.4. The summed E-state index contributed by atoms with van der Waals surface area (Å²) in [5.41, 5.74) is 0.569. The van der Waals surface area contributed by atoms with Gasteiger partial charge in [0.1, 0.15) is 5.82 Å². The number of H-pyrrole nitrogens is 1. The predicted molar refractivity (Wildman–Crippen MR) is 116 cm³/mol. The van der Waals surface area contributed by atoms with E-state index in [-0.39, 0.29) is 17.5 Å². The van der Waals surface area contributed by atoms with Crippen molar-refractivity contribution in [1.82, 2.24) is 20.2 Å². The fraction of sp³-hybridized carbons (Fsp3) is 0.409. The van der Waals surface area contributed by atoms with Crippen LogP contribution in [0.2, 0.25) is 0 Å². The Balaban J connectivity index is 1.29. The smallest absolute Gasteiger partial charge is 0.258 e. The molecule has 0 bridgehead atoms. The summed E-state index contributed by atoms with van der Waals surface area (Å²) in [5, 5.41) is 5.80. The van der Waals surface area contributed by atoms with Crippen LogP contribution in [0.3, 0.4) is 0 Å². The number of aromatic amines is 1. The van der Waals surface area contributed by atoms with Gasteiger partial charge in [-0.15, -0.1) is 11.3 Å². The molecule has 6 nitrogen and oxygen atoms in total. The summed E-state index contributed by atoms with van der Waals surface area (Å²) < 4.78 is 0. The topological polar surface area (TPSA) is 78.1 Å². The summed E-state index contributed by atoms with van der Waals surface area (Å²) in [5.74, 6) is 0.684. The molecule has 0 radical (unpaired) electrons. The van der Waals surface area contributed by atoms with Crippen LogP contribution in [0.25, 0.3) is 10.9 Å². The quantitative estimate of drug-likeness (QED) is 0.598. The number of amides is 1. The van der Waals surface area contributed by atoms with Crippen LogP contribution in [-0.4, -0.2) is 40.4 Å². The standard InChI is InChI=1S/C22H26N4O2S/c27-21(23-15-18(19-9-6-14-29-19)26-12-3-4-13-26)11-5-10-20-24-17-8-2-1-7-16(17)22(28)25-20/h1-2,6-9,14,18H,3-5,10-13,15H2,(H,23,27)(H,24,25,28). The van der Waals surface area contributed by atoms with Gasteiger partial charge in [0, 0.05) is 24.3 Å². The van der Waals surface area contributed by atoms with E-state index in [0.29, 0.717) is 42.5 Å². The summed E-state index contributed by atoms with van der Waals surface area (Å²) in [6.07, 6.45) is 4.11. The van der Waals surface area contributed by atoms with E-state index in [0.717, 1.165) is 13.1 Å². The number of aromatic nitrogens is 2. The summed E-state index contributed by atoms with van der Waals surface area (Å²) in [6.45, 7) is 2.84. The van der Waals surface area contributed by atoms with Crippen molar-refractivity contribution in [1.29, 1.82) is 0 Å². The Bertz CT molecular complexity index is 1010. The fourth-order valence-electron chi connectivity index (χ4n) is 3.91. The zero-order chi connectivity index (χ0) is 20.1. The third-order valence-corrected chi connectivity index (χ3v) is 6.40. The number of hydrogen-bond donors (Lipinski definition) is 2. The van der Waals surface area contributed by atoms with Gasteiger partial charge in [-0.1, -0.05) is 18.2 Å². The van der Waals surface area contributed by atoms with Crippen LogP contribution in [-0.2, 0) is 11.2 Å². The fourth-order valence-corrected chi connectivity index (χ4v) is 4.77. The second-order valence-electron chi connectivity index (χ2n) is 7.46. The zero-order valence-electron chi connectivity index (χ0n) is 16.4. The van der Waals surface area contributed by atoms with Crippen LogP contribution in [0.15, 0.2) is 46.6 Å². The number of carbonyl (C=O) groups excluding carboxylic acids is 1. The van der Waals surface area contributed by atoms with Gasteiger partial charge in [-0.3, -0.25) is 14.5 Å². The van der Waals surface area contributed by atoms with E-state index in [9.17, 15) is 9.59 Å². The van der Waals surface area contributed by atoms with Crippen molar-refractivity contribution in [3.63, 3.8) is 0 Å². The third-order valence-electron chi connectivity index (χ3n) is 5.42. The number of nitrogens with one attached hydrogen (secondary N) is 2. The molecule has 4 rings (SSSR count). The molecule has 3 heterocycles. The number of benzene rings is 1. The van der Waals surface area contributed by atoms with Crippen molar-refractivity contribution >= 4 is 28.1 Å². The van der Waals surface area contributed by atoms with Gasteiger partial charge in [0.05, 0.1) is 16.9 Å². The van der Waals surface area contributed by atoms with Crippen LogP contribution in [0.1, 0.15) is 42.4 Å². The van der Waals surface area contributed by atoms with Crippen molar-refractivity contribution < 1.29 is 4.79 Å². The molecule has 1 aliphatic rings. The molecule has 29 heavy (non-hydrogen) atoms. The van der Waals surface area contributed by atoms with E-state index in [1.807, 2.05) is 18.2 Å². The highest BCUT2D eigenvalue weighted by molar-refractivity contribution is 7.10. The zero-order valence-corrected chi connectivity index (χ0v) is 17.2. The highest BCUT2D eigenvalue weighted by Gasteiger charge is 2.24. The molecule has 2 aromatic heterocycles. The van der Waals surface area contributed by atoms with Gasteiger partial charge in [0.25, 0.3) is 5.56 Å². The Morgan fingerprint density at radius 3 is 2.83 bits per heavy atom. The molecule has 1 amide bonds. The monoisotopic (exact) mass is 410 g/mol. The molecule has 0 aliphatic carbocycles. The van der Waals surface area contributed by atoms with E-state index in [2.05, 4.69) is 37.7 Å². The second kappa shape index (κ2) is 9.33. The van der Waals surface area contributed by atoms with Crippen LogP contribution < -0.4 is 10.9 Å². The number of aryl methyl sites for hydroxylation is 1. The molecule has 2 N–H and O–H groups in total. The van der Waals surface area contributed by atoms with Crippen LogP contribution >= 0.6 is 11.3 Å². The maximum Gasteiger partial charge on any atom is 0.258 e. The Hall–Kier alpha value is -2.51. The van der Waals surface area contributed by atoms with Crippen LogP contribution in [0, 0.1) is 0 Å². The van der Waals surface area contributed by atoms with Crippen molar-refractivity contribution in [3.05, 3.63) is 62.8 Å². The number of nitrogens with zero attached hydrogens (tertiary/aromatic N) is 2. The van der Waals surface area contributed by atoms with Gasteiger partial charge in [0.15, 0.2) is 0 Å². The van der Waals surface area contributed by atoms with Gasteiger partial charge in [-0.25, -0.2) is 4.98 Å². The van der Waals surface area contributed by atoms with E-state index in [4.69, 9.17) is 0 Å². The minimum Gasteiger partial charge on any atom is -0.354 e. The highest BCUT2D eigenvalue weighted by atomic mass is 32.1. The lowest BCUT2D eigenvalue weighted by Gasteiger charge is -2.26. The van der Waals surface area contributed by atoms with Gasteiger partial charge < -0.3 is 10.3 Å². The summed E-state index contributed by atoms with van der Waals surface area (Å²) in [7, 11) is 0. The van der Waals surface area contributed by atoms with Crippen molar-refractivity contribution in [2.24, 2.45) is 0 Å². The van der Waals surface area contributed by atoms with E-state index >= 15 is 0 Å². The number of para-hydroxylation sites is 1. The normalized spacial score (nSPS) is 15.6. The number of thiophene rings is 1. The molecule has 0 saturated carbocycles. The minimum absolute atomic E-state index is 0.0499. The van der Waals surface area contributed by atoms with Crippen LogP contribution in [0.5, 0.6) is 0 Å². The first kappa shape index (κ1) is 19.8. The van der Waals surface area contributed by atoms with Gasteiger partial charge in [0.2, 0.25) is 5.91 Å². The van der Waals surface area contributed by atoms with Gasteiger partial charge >= 0.3 is 0 Å². The van der Waals surface area contributed by atoms with Gasteiger partial charge in [-0.2, -0.15) is 0 Å². The molecular formula is C22H26N4O2S. The molecular weight excluding hydrogens is 384 g/mol. The first-order valence-electron chi connectivity index (χ1n) is 10.2. The van der Waals surface area contributed by atoms with Crippen molar-refractivity contribution in [2.75, 3.05) is 19.6 Å². The molecule has 1 aromatic carbocycles. The number of hydrogen-bond acceptors (Lipinski definition) is 5. The molecule has 3 aromatic rings. The minimum atomic E-state index is -0.126. The average Bonchev–Trinajstić information content (AvgIpc) is 3.43. The van der Waals surface area contributed by atoms with Crippen LogP contribution in [0.4, 0.5) is 0 Å². The number of carbonyl (C=O) groups is 1. The Kier molecular flexibility index (Phi) is 6.36. The average molecular weight is 411 g/mol. The first-order chi connectivity index (χ1) is 14.2. The Labute approximate surface area is 174 Å². The maximum atomic E-state index is 12.4. The second-order valence-corrected chi connectivity index (χ2v) is 8.44. The SMILES string of the molecule is O=C(CCCc1nc2ccccc2c(=O)[nH]1)NCC(c1cccs1)N1CCCC1. The molecule has 1 atom stereocenters. The molecule has 1 aliphatic heterocycles. The first-order valence-corrected chi connectivity index (χ1v) is 11.1. The lowest BCUT2D eigenvalue weighted by atomic mass is 10.2. The van der Waals surface area contributed by atoms with E-state index < -0.39 is 0 Å². The molecule has 152 valence electrons. The number of likely N-dealkylation sites (tertiary alicyclic amines) is 1. The predicted octanol–water partition coefficient (Wildman–Crippen LogP) is 3.26. The van der Waals surface area contributed by atoms with Crippen molar-refractivity contribution in [2.45, 2.75) is 38.1 Å².